The van der Waals surface area contributed by atoms with Gasteiger partial charge in [-0.2, -0.15) is 0 Å². The van der Waals surface area contributed by atoms with Crippen LogP contribution in [-0.2, 0) is 4.74 Å². The van der Waals surface area contributed by atoms with E-state index >= 15 is 0 Å². The molecular weight excluding hydrogens is 216 g/mol. The molecule has 0 aromatic heterocycles. The normalized spacial score (nSPS) is 33.4. The Morgan fingerprint density at radius 3 is 3.06 bits per heavy atom. The highest BCUT2D eigenvalue weighted by Gasteiger charge is 2.35. The summed E-state index contributed by atoms with van der Waals surface area (Å²) in [6.07, 6.45) is 6.08. The number of fused-ring (bicyclic) bond motifs is 1. The Bertz CT molecular complexity index is 246. The number of rotatable bonds is 5. The van der Waals surface area contributed by atoms with Crippen molar-refractivity contribution in [1.29, 1.82) is 0 Å². The van der Waals surface area contributed by atoms with Gasteiger partial charge in [-0.15, -0.1) is 0 Å². The molecule has 4 heteroatoms. The SMILES string of the molecule is CC(O)(CN)CCCN1CCOC2CCCC21. The molecule has 1 heterocycles. The Hall–Kier alpha value is -0.160. The summed E-state index contributed by atoms with van der Waals surface area (Å²) in [5.74, 6) is 0. The van der Waals surface area contributed by atoms with E-state index in [0.29, 0.717) is 18.7 Å². The minimum Gasteiger partial charge on any atom is -0.389 e. The van der Waals surface area contributed by atoms with Crippen LogP contribution in [0.15, 0.2) is 0 Å². The van der Waals surface area contributed by atoms with E-state index in [1.807, 2.05) is 6.92 Å². The maximum atomic E-state index is 9.87. The first-order chi connectivity index (χ1) is 8.12. The van der Waals surface area contributed by atoms with E-state index in [1.54, 1.807) is 0 Å². The average Bonchev–Trinajstić information content (AvgIpc) is 2.78. The van der Waals surface area contributed by atoms with Crippen molar-refractivity contribution in [2.45, 2.75) is 56.8 Å². The average molecular weight is 242 g/mol. The summed E-state index contributed by atoms with van der Waals surface area (Å²) in [4.78, 5) is 2.55. The summed E-state index contributed by atoms with van der Waals surface area (Å²) in [5.41, 5.74) is 4.83. The van der Waals surface area contributed by atoms with Crippen molar-refractivity contribution in [2.24, 2.45) is 5.73 Å². The Kier molecular flexibility index (Phi) is 4.42. The van der Waals surface area contributed by atoms with Gasteiger partial charge in [-0.25, -0.2) is 0 Å². The van der Waals surface area contributed by atoms with Gasteiger partial charge in [-0.3, -0.25) is 4.90 Å². The molecule has 0 aromatic rings. The van der Waals surface area contributed by atoms with Crippen LogP contribution in [-0.4, -0.2) is 54.0 Å². The fourth-order valence-electron chi connectivity index (χ4n) is 3.05. The lowest BCUT2D eigenvalue weighted by Gasteiger charge is -2.38. The lowest BCUT2D eigenvalue weighted by molar-refractivity contribution is -0.0576. The maximum absolute atomic E-state index is 9.87. The van der Waals surface area contributed by atoms with Gasteiger partial charge in [0.15, 0.2) is 0 Å². The summed E-state index contributed by atoms with van der Waals surface area (Å²) >= 11 is 0. The molecule has 0 aromatic carbocycles. The van der Waals surface area contributed by atoms with E-state index in [4.69, 9.17) is 10.5 Å². The van der Waals surface area contributed by atoms with Crippen molar-refractivity contribution in [1.82, 2.24) is 4.90 Å². The highest BCUT2D eigenvalue weighted by molar-refractivity contribution is 4.89. The minimum atomic E-state index is -0.693. The minimum absolute atomic E-state index is 0.349. The van der Waals surface area contributed by atoms with Crippen LogP contribution in [0.2, 0.25) is 0 Å². The smallest absolute Gasteiger partial charge is 0.0741 e. The first-order valence-corrected chi connectivity index (χ1v) is 6.90. The van der Waals surface area contributed by atoms with E-state index in [1.165, 1.54) is 19.3 Å². The zero-order chi connectivity index (χ0) is 12.3. The summed E-state index contributed by atoms with van der Waals surface area (Å²) in [5, 5.41) is 9.87. The molecule has 1 aliphatic carbocycles. The topological polar surface area (TPSA) is 58.7 Å². The molecule has 3 N–H and O–H groups in total. The molecule has 4 nitrogen and oxygen atoms in total. The standard InChI is InChI=1S/C13H26N2O2/c1-13(16,10-14)6-3-7-15-8-9-17-12-5-2-4-11(12)15/h11-12,16H,2-10,14H2,1H3. The molecule has 1 saturated carbocycles. The van der Waals surface area contributed by atoms with Crippen LogP contribution in [0.3, 0.4) is 0 Å². The van der Waals surface area contributed by atoms with Gasteiger partial charge in [0.25, 0.3) is 0 Å². The monoisotopic (exact) mass is 242 g/mol. The number of hydrogen-bond donors (Lipinski definition) is 2. The molecule has 17 heavy (non-hydrogen) atoms. The Morgan fingerprint density at radius 1 is 1.47 bits per heavy atom. The molecule has 2 fully saturated rings. The van der Waals surface area contributed by atoms with Crippen molar-refractivity contribution in [2.75, 3.05) is 26.2 Å². The first kappa shape index (κ1) is 13.3. The van der Waals surface area contributed by atoms with Crippen LogP contribution in [0.1, 0.15) is 39.0 Å². The summed E-state index contributed by atoms with van der Waals surface area (Å²) in [6, 6.07) is 0.631. The summed E-state index contributed by atoms with van der Waals surface area (Å²) < 4.78 is 5.79. The number of aliphatic hydroxyl groups is 1. The zero-order valence-electron chi connectivity index (χ0n) is 10.9. The molecular formula is C13H26N2O2. The number of hydrogen-bond acceptors (Lipinski definition) is 4. The van der Waals surface area contributed by atoms with Gasteiger partial charge in [-0.1, -0.05) is 0 Å². The van der Waals surface area contributed by atoms with Gasteiger partial charge in [0.05, 0.1) is 18.3 Å². The molecule has 0 amide bonds. The lowest BCUT2D eigenvalue weighted by atomic mass is 10.00. The highest BCUT2D eigenvalue weighted by Crippen LogP contribution is 2.29. The first-order valence-electron chi connectivity index (χ1n) is 6.90. The molecule has 2 rings (SSSR count). The molecule has 1 saturated heterocycles. The van der Waals surface area contributed by atoms with Crippen LogP contribution >= 0.6 is 0 Å². The van der Waals surface area contributed by atoms with Gasteiger partial charge in [0.1, 0.15) is 0 Å². The lowest BCUT2D eigenvalue weighted by Crippen LogP contribution is -2.49. The highest BCUT2D eigenvalue weighted by atomic mass is 16.5. The Balaban J connectivity index is 1.75. The summed E-state index contributed by atoms with van der Waals surface area (Å²) in [6.45, 7) is 5.16. The van der Waals surface area contributed by atoms with Gasteiger partial charge in [0, 0.05) is 19.1 Å². The van der Waals surface area contributed by atoms with Crippen molar-refractivity contribution in [3.63, 3.8) is 0 Å². The van der Waals surface area contributed by atoms with Gasteiger partial charge < -0.3 is 15.6 Å². The van der Waals surface area contributed by atoms with Crippen LogP contribution in [0.5, 0.6) is 0 Å². The fourth-order valence-corrected chi connectivity index (χ4v) is 3.05. The van der Waals surface area contributed by atoms with Crippen LogP contribution in [0.25, 0.3) is 0 Å². The Morgan fingerprint density at radius 2 is 2.29 bits per heavy atom. The quantitative estimate of drug-likeness (QED) is 0.746. The maximum Gasteiger partial charge on any atom is 0.0741 e. The number of ether oxygens (including phenoxy) is 1. The second kappa shape index (κ2) is 5.65. The van der Waals surface area contributed by atoms with E-state index in [0.717, 1.165) is 32.5 Å². The predicted molar refractivity (Wildman–Crippen MR) is 67.9 cm³/mol. The van der Waals surface area contributed by atoms with Crippen LogP contribution in [0.4, 0.5) is 0 Å². The van der Waals surface area contributed by atoms with Crippen LogP contribution in [0, 0.1) is 0 Å². The molecule has 3 atom stereocenters. The van der Waals surface area contributed by atoms with Gasteiger partial charge in [0.2, 0.25) is 0 Å². The van der Waals surface area contributed by atoms with Gasteiger partial charge >= 0.3 is 0 Å². The van der Waals surface area contributed by atoms with E-state index in [-0.39, 0.29) is 0 Å². The third-order valence-electron chi connectivity index (χ3n) is 4.20. The van der Waals surface area contributed by atoms with Crippen molar-refractivity contribution in [3.05, 3.63) is 0 Å². The molecule has 0 spiro atoms. The van der Waals surface area contributed by atoms with E-state index in [2.05, 4.69) is 4.90 Å². The largest absolute Gasteiger partial charge is 0.389 e. The second-order valence-electron chi connectivity index (χ2n) is 5.75. The fraction of sp³-hybridized carbons (Fsp3) is 1.00. The predicted octanol–water partition coefficient (Wildman–Crippen LogP) is 0.730. The number of morpholine rings is 1. The molecule has 0 bridgehead atoms. The molecule has 3 unspecified atom stereocenters. The molecule has 1 aliphatic heterocycles. The van der Waals surface area contributed by atoms with Gasteiger partial charge in [-0.05, 0) is 45.6 Å². The Labute approximate surface area is 104 Å². The zero-order valence-corrected chi connectivity index (χ0v) is 10.9. The van der Waals surface area contributed by atoms with Crippen molar-refractivity contribution in [3.8, 4) is 0 Å². The number of nitrogens with two attached hydrogens (primary N) is 1. The third kappa shape index (κ3) is 3.41. The van der Waals surface area contributed by atoms with E-state index in [9.17, 15) is 5.11 Å². The van der Waals surface area contributed by atoms with Crippen molar-refractivity contribution < 1.29 is 9.84 Å². The van der Waals surface area contributed by atoms with Crippen LogP contribution < -0.4 is 5.73 Å². The van der Waals surface area contributed by atoms with E-state index < -0.39 is 5.60 Å². The number of nitrogens with zero attached hydrogens (tertiary/aromatic N) is 1. The van der Waals surface area contributed by atoms with Crippen molar-refractivity contribution >= 4 is 0 Å². The molecule has 2 aliphatic rings. The molecule has 100 valence electrons. The summed E-state index contributed by atoms with van der Waals surface area (Å²) in [7, 11) is 0. The second-order valence-corrected chi connectivity index (χ2v) is 5.75. The molecule has 0 radical (unpaired) electrons. The third-order valence-corrected chi connectivity index (χ3v) is 4.20.